The first-order valence-corrected chi connectivity index (χ1v) is 9.28. The molecule has 0 aliphatic carbocycles. The summed E-state index contributed by atoms with van der Waals surface area (Å²) < 4.78 is 0. The Kier molecular flexibility index (Phi) is 3.53. The Labute approximate surface area is 143 Å². The van der Waals surface area contributed by atoms with Gasteiger partial charge in [0.05, 0.1) is 6.17 Å². The van der Waals surface area contributed by atoms with Gasteiger partial charge in [0.1, 0.15) is 0 Å². The maximum atomic E-state index is 2.73. The second-order valence-corrected chi connectivity index (χ2v) is 7.28. The third-order valence-electron chi connectivity index (χ3n) is 5.89. The highest BCUT2D eigenvalue weighted by molar-refractivity contribution is 6.02. The van der Waals surface area contributed by atoms with Gasteiger partial charge in [0.2, 0.25) is 0 Å². The van der Waals surface area contributed by atoms with Gasteiger partial charge in [0.25, 0.3) is 0 Å². The first-order chi connectivity index (χ1) is 11.9. The predicted molar refractivity (Wildman–Crippen MR) is 101 cm³/mol. The number of benzene rings is 3. The van der Waals surface area contributed by atoms with Crippen molar-refractivity contribution in [1.82, 2.24) is 9.80 Å². The molecule has 3 aromatic carbocycles. The van der Waals surface area contributed by atoms with E-state index in [0.29, 0.717) is 6.17 Å². The van der Waals surface area contributed by atoms with E-state index in [4.69, 9.17) is 0 Å². The standard InChI is InChI=1S/C22H24N2/c1-3-9-19-17(7-1)15-18-8-2-4-10-20(18)21(19)16-24-14-6-13-23-12-5-11-22(23)24/h1-4,7-10,15,22H,5-6,11-14,16H2. The van der Waals surface area contributed by atoms with Gasteiger partial charge in [-0.3, -0.25) is 9.80 Å². The van der Waals surface area contributed by atoms with Gasteiger partial charge in [-0.25, -0.2) is 0 Å². The van der Waals surface area contributed by atoms with Crippen molar-refractivity contribution < 1.29 is 0 Å². The molecule has 2 saturated heterocycles. The Morgan fingerprint density at radius 1 is 0.792 bits per heavy atom. The Morgan fingerprint density at radius 2 is 1.46 bits per heavy atom. The molecule has 5 rings (SSSR count). The van der Waals surface area contributed by atoms with Gasteiger partial charge < -0.3 is 0 Å². The van der Waals surface area contributed by atoms with Gasteiger partial charge in [0.15, 0.2) is 0 Å². The van der Waals surface area contributed by atoms with Crippen molar-refractivity contribution in [2.75, 3.05) is 19.6 Å². The van der Waals surface area contributed by atoms with E-state index in [0.717, 1.165) is 6.54 Å². The van der Waals surface area contributed by atoms with Crippen LogP contribution in [0.1, 0.15) is 24.8 Å². The Hall–Kier alpha value is -1.90. The average molecular weight is 316 g/mol. The fourth-order valence-electron chi connectivity index (χ4n) is 4.77. The van der Waals surface area contributed by atoms with E-state index in [1.54, 1.807) is 0 Å². The molecule has 1 atom stereocenters. The maximum Gasteiger partial charge on any atom is 0.0625 e. The first-order valence-electron chi connectivity index (χ1n) is 9.28. The lowest BCUT2D eigenvalue weighted by Gasteiger charge is -2.40. The number of rotatable bonds is 2. The summed E-state index contributed by atoms with van der Waals surface area (Å²) >= 11 is 0. The normalized spacial score (nSPS) is 22.2. The van der Waals surface area contributed by atoms with Crippen LogP contribution in [0.25, 0.3) is 21.5 Å². The van der Waals surface area contributed by atoms with Crippen LogP contribution in [0.15, 0.2) is 54.6 Å². The van der Waals surface area contributed by atoms with E-state index >= 15 is 0 Å². The van der Waals surface area contributed by atoms with Crippen LogP contribution < -0.4 is 0 Å². The molecule has 122 valence electrons. The monoisotopic (exact) mass is 316 g/mol. The van der Waals surface area contributed by atoms with Crippen molar-refractivity contribution in [3.05, 3.63) is 60.2 Å². The minimum atomic E-state index is 0.663. The molecular formula is C22H24N2. The van der Waals surface area contributed by atoms with E-state index in [-0.39, 0.29) is 0 Å². The van der Waals surface area contributed by atoms with Gasteiger partial charge in [-0.05, 0) is 59.0 Å². The average Bonchev–Trinajstić information content (AvgIpc) is 3.11. The molecule has 0 spiro atoms. The topological polar surface area (TPSA) is 6.48 Å². The van der Waals surface area contributed by atoms with E-state index < -0.39 is 0 Å². The van der Waals surface area contributed by atoms with Crippen LogP contribution in [0, 0.1) is 0 Å². The molecule has 3 aromatic rings. The molecule has 2 nitrogen and oxygen atoms in total. The zero-order valence-electron chi connectivity index (χ0n) is 14.1. The molecule has 2 aliphatic heterocycles. The van der Waals surface area contributed by atoms with Crippen LogP contribution >= 0.6 is 0 Å². The number of nitrogens with zero attached hydrogens (tertiary/aromatic N) is 2. The summed E-state index contributed by atoms with van der Waals surface area (Å²) in [5.41, 5.74) is 1.51. The van der Waals surface area contributed by atoms with E-state index in [2.05, 4.69) is 64.4 Å². The molecule has 0 saturated carbocycles. The minimum absolute atomic E-state index is 0.663. The van der Waals surface area contributed by atoms with E-state index in [9.17, 15) is 0 Å². The Balaban J connectivity index is 1.64. The largest absolute Gasteiger partial charge is 0.288 e. The van der Waals surface area contributed by atoms with E-state index in [1.165, 1.54) is 66.0 Å². The minimum Gasteiger partial charge on any atom is -0.288 e. The molecule has 2 fully saturated rings. The van der Waals surface area contributed by atoms with Crippen LogP contribution in [-0.4, -0.2) is 35.6 Å². The third-order valence-corrected chi connectivity index (χ3v) is 5.89. The van der Waals surface area contributed by atoms with Crippen LogP contribution in [0.3, 0.4) is 0 Å². The second kappa shape index (κ2) is 5.87. The Morgan fingerprint density at radius 3 is 2.21 bits per heavy atom. The van der Waals surface area contributed by atoms with Gasteiger partial charge in [-0.1, -0.05) is 48.5 Å². The van der Waals surface area contributed by atoms with Crippen molar-refractivity contribution in [1.29, 1.82) is 0 Å². The second-order valence-electron chi connectivity index (χ2n) is 7.28. The molecular weight excluding hydrogens is 292 g/mol. The molecule has 0 radical (unpaired) electrons. The highest BCUT2D eigenvalue weighted by Crippen LogP contribution is 2.32. The van der Waals surface area contributed by atoms with Crippen LogP contribution in [0.4, 0.5) is 0 Å². The summed E-state index contributed by atoms with van der Waals surface area (Å²) in [4.78, 5) is 5.42. The quantitative estimate of drug-likeness (QED) is 0.637. The molecule has 2 heterocycles. The van der Waals surface area contributed by atoms with Gasteiger partial charge in [0, 0.05) is 19.6 Å². The van der Waals surface area contributed by atoms with Crippen LogP contribution in [0.2, 0.25) is 0 Å². The van der Waals surface area contributed by atoms with Gasteiger partial charge in [-0.15, -0.1) is 0 Å². The molecule has 2 heteroatoms. The summed E-state index contributed by atoms with van der Waals surface area (Å²) in [6, 6.07) is 20.1. The van der Waals surface area contributed by atoms with Crippen molar-refractivity contribution >= 4 is 21.5 Å². The number of hydrogen-bond donors (Lipinski definition) is 0. The molecule has 0 bridgehead atoms. The zero-order chi connectivity index (χ0) is 15.9. The fraction of sp³-hybridized carbons (Fsp3) is 0.364. The van der Waals surface area contributed by atoms with Crippen molar-refractivity contribution in [2.45, 2.75) is 32.0 Å². The molecule has 1 unspecified atom stereocenters. The molecule has 0 amide bonds. The van der Waals surface area contributed by atoms with Gasteiger partial charge in [-0.2, -0.15) is 0 Å². The lowest BCUT2D eigenvalue weighted by atomic mass is 9.96. The van der Waals surface area contributed by atoms with Gasteiger partial charge >= 0.3 is 0 Å². The molecule has 0 N–H and O–H groups in total. The Bertz CT molecular complexity index is 831. The molecule has 24 heavy (non-hydrogen) atoms. The zero-order valence-corrected chi connectivity index (χ0v) is 14.1. The lowest BCUT2D eigenvalue weighted by Crippen LogP contribution is -2.49. The summed E-state index contributed by atoms with van der Waals surface area (Å²) in [5.74, 6) is 0. The van der Waals surface area contributed by atoms with E-state index in [1.807, 2.05) is 0 Å². The van der Waals surface area contributed by atoms with Crippen LogP contribution in [-0.2, 0) is 6.54 Å². The first kappa shape index (κ1) is 14.4. The molecule has 0 aromatic heterocycles. The predicted octanol–water partition coefficient (Wildman–Crippen LogP) is 4.62. The molecule has 2 aliphatic rings. The number of hydrogen-bond acceptors (Lipinski definition) is 2. The van der Waals surface area contributed by atoms with Crippen LogP contribution in [0.5, 0.6) is 0 Å². The lowest BCUT2D eigenvalue weighted by molar-refractivity contribution is 0.0292. The summed E-state index contributed by atoms with van der Waals surface area (Å²) in [6.45, 7) is 4.89. The summed E-state index contributed by atoms with van der Waals surface area (Å²) in [7, 11) is 0. The maximum absolute atomic E-state index is 2.73. The smallest absolute Gasteiger partial charge is 0.0625 e. The third kappa shape index (κ3) is 2.33. The number of fused-ring (bicyclic) bond motifs is 3. The van der Waals surface area contributed by atoms with Crippen molar-refractivity contribution in [3.8, 4) is 0 Å². The highest BCUT2D eigenvalue weighted by atomic mass is 15.4. The summed E-state index contributed by atoms with van der Waals surface area (Å²) in [5, 5.41) is 5.58. The van der Waals surface area contributed by atoms with Crippen molar-refractivity contribution in [3.63, 3.8) is 0 Å². The highest BCUT2D eigenvalue weighted by Gasteiger charge is 2.33. The fourth-order valence-corrected chi connectivity index (χ4v) is 4.77. The summed E-state index contributed by atoms with van der Waals surface area (Å²) in [6.07, 6.45) is 4.66. The van der Waals surface area contributed by atoms with Crippen molar-refractivity contribution in [2.24, 2.45) is 0 Å². The SMILES string of the molecule is c1ccc2c(CN3CCCN4CCCC43)c3ccccc3cc2c1.